The first kappa shape index (κ1) is 16.5. The van der Waals surface area contributed by atoms with Crippen molar-refractivity contribution in [3.8, 4) is 0 Å². The summed E-state index contributed by atoms with van der Waals surface area (Å²) in [7, 11) is 0. The Kier molecular flexibility index (Phi) is 4.54. The van der Waals surface area contributed by atoms with Gasteiger partial charge >= 0.3 is 0 Å². The maximum absolute atomic E-state index is 12.8. The lowest BCUT2D eigenvalue weighted by molar-refractivity contribution is 0.0942. The van der Waals surface area contributed by atoms with Crippen molar-refractivity contribution in [1.82, 2.24) is 14.9 Å². The van der Waals surface area contributed by atoms with Crippen LogP contribution in [0.5, 0.6) is 0 Å². The van der Waals surface area contributed by atoms with Crippen LogP contribution < -0.4 is 5.32 Å². The Morgan fingerprint density at radius 3 is 2.65 bits per heavy atom. The molecule has 0 spiro atoms. The summed E-state index contributed by atoms with van der Waals surface area (Å²) in [4.78, 5) is 17.3. The van der Waals surface area contributed by atoms with E-state index in [2.05, 4.69) is 33.1 Å². The lowest BCUT2D eigenvalue weighted by Crippen LogP contribution is -2.25. The van der Waals surface area contributed by atoms with Crippen molar-refractivity contribution in [1.29, 1.82) is 0 Å². The number of benzene rings is 2. The average Bonchev–Trinajstić information content (AvgIpc) is 3.25. The quantitative estimate of drug-likeness (QED) is 0.573. The van der Waals surface area contributed by atoms with E-state index in [1.54, 1.807) is 11.3 Å². The maximum Gasteiger partial charge on any atom is 0.268 e. The molecular formula is C21H19N3OS. The molecule has 0 aliphatic rings. The van der Waals surface area contributed by atoms with E-state index in [0.29, 0.717) is 18.8 Å². The molecule has 2 aromatic heterocycles. The van der Waals surface area contributed by atoms with Gasteiger partial charge in [0.1, 0.15) is 5.69 Å². The largest absolute Gasteiger partial charge is 0.345 e. The van der Waals surface area contributed by atoms with Gasteiger partial charge in [-0.1, -0.05) is 48.5 Å². The standard InChI is InChI=1S/C21H19N3OS/c1-15-23-18(14-26-15)12-22-21(25)20-11-17-9-5-6-10-19(17)24(20)13-16-7-3-2-4-8-16/h2-11,14H,12-13H2,1H3,(H,22,25). The van der Waals surface area contributed by atoms with Crippen molar-refractivity contribution in [2.75, 3.05) is 0 Å². The number of nitrogens with one attached hydrogen (secondary N) is 1. The number of aromatic nitrogens is 2. The zero-order valence-corrected chi connectivity index (χ0v) is 15.3. The fourth-order valence-corrected chi connectivity index (χ4v) is 3.70. The smallest absolute Gasteiger partial charge is 0.268 e. The third kappa shape index (κ3) is 3.39. The van der Waals surface area contributed by atoms with Crippen LogP contribution in [0, 0.1) is 6.92 Å². The van der Waals surface area contributed by atoms with Crippen LogP contribution >= 0.6 is 11.3 Å². The fraction of sp³-hybridized carbons (Fsp3) is 0.143. The van der Waals surface area contributed by atoms with Gasteiger partial charge in [0.2, 0.25) is 0 Å². The number of hydrogen-bond acceptors (Lipinski definition) is 3. The number of hydrogen-bond donors (Lipinski definition) is 1. The number of fused-ring (bicyclic) bond motifs is 1. The number of carbonyl (C=O) groups excluding carboxylic acids is 1. The maximum atomic E-state index is 12.8. The van der Waals surface area contributed by atoms with Crippen LogP contribution in [-0.4, -0.2) is 15.5 Å². The van der Waals surface area contributed by atoms with Crippen molar-refractivity contribution in [3.05, 3.63) is 88.0 Å². The summed E-state index contributed by atoms with van der Waals surface area (Å²) in [5.41, 5.74) is 3.79. The van der Waals surface area contributed by atoms with Gasteiger partial charge in [0.25, 0.3) is 5.91 Å². The molecule has 0 saturated heterocycles. The van der Waals surface area contributed by atoms with Gasteiger partial charge in [-0.3, -0.25) is 4.79 Å². The second kappa shape index (κ2) is 7.14. The highest BCUT2D eigenvalue weighted by atomic mass is 32.1. The summed E-state index contributed by atoms with van der Waals surface area (Å²) in [5, 5.41) is 7.06. The van der Waals surface area contributed by atoms with Crippen molar-refractivity contribution in [2.24, 2.45) is 0 Å². The first-order valence-corrected chi connectivity index (χ1v) is 9.40. The van der Waals surface area contributed by atoms with E-state index in [9.17, 15) is 4.79 Å². The van der Waals surface area contributed by atoms with Crippen LogP contribution in [0.25, 0.3) is 10.9 Å². The van der Waals surface area contributed by atoms with Gasteiger partial charge in [-0.15, -0.1) is 11.3 Å². The van der Waals surface area contributed by atoms with Gasteiger partial charge in [-0.05, 0) is 24.6 Å². The Morgan fingerprint density at radius 2 is 1.88 bits per heavy atom. The van der Waals surface area contributed by atoms with Crippen molar-refractivity contribution >= 4 is 28.1 Å². The van der Waals surface area contributed by atoms with Crippen LogP contribution in [0.2, 0.25) is 0 Å². The van der Waals surface area contributed by atoms with Crippen molar-refractivity contribution < 1.29 is 4.79 Å². The van der Waals surface area contributed by atoms with E-state index < -0.39 is 0 Å². The number of amides is 1. The zero-order chi connectivity index (χ0) is 17.9. The summed E-state index contributed by atoms with van der Waals surface area (Å²) in [6, 6.07) is 20.2. The second-order valence-corrected chi connectivity index (χ2v) is 7.26. The molecule has 0 bridgehead atoms. The molecule has 4 rings (SSSR count). The molecule has 0 unspecified atom stereocenters. The first-order chi connectivity index (χ1) is 12.7. The van der Waals surface area contributed by atoms with Gasteiger partial charge in [-0.2, -0.15) is 0 Å². The third-order valence-electron chi connectivity index (χ3n) is 4.32. The molecular weight excluding hydrogens is 342 g/mol. The third-order valence-corrected chi connectivity index (χ3v) is 5.15. The predicted molar refractivity (Wildman–Crippen MR) is 106 cm³/mol. The van der Waals surface area contributed by atoms with Crippen LogP contribution in [0.1, 0.15) is 26.8 Å². The number of rotatable bonds is 5. The Bertz CT molecular complexity index is 1050. The molecule has 0 radical (unpaired) electrons. The number of para-hydroxylation sites is 1. The predicted octanol–water partition coefficient (Wildman–Crippen LogP) is 4.38. The summed E-state index contributed by atoms with van der Waals surface area (Å²) in [6.45, 7) is 3.07. The van der Waals surface area contributed by atoms with Gasteiger partial charge in [0, 0.05) is 22.8 Å². The summed E-state index contributed by atoms with van der Waals surface area (Å²) >= 11 is 1.59. The summed E-state index contributed by atoms with van der Waals surface area (Å²) in [6.07, 6.45) is 0. The molecule has 0 aliphatic carbocycles. The van der Waals surface area contributed by atoms with E-state index in [4.69, 9.17) is 0 Å². The monoisotopic (exact) mass is 361 g/mol. The second-order valence-electron chi connectivity index (χ2n) is 6.20. The highest BCUT2D eigenvalue weighted by molar-refractivity contribution is 7.09. The van der Waals surface area contributed by atoms with Crippen LogP contribution in [-0.2, 0) is 13.1 Å². The normalized spacial score (nSPS) is 11.0. The molecule has 2 heterocycles. The van der Waals surface area contributed by atoms with Crippen LogP contribution in [0.15, 0.2) is 66.0 Å². The minimum Gasteiger partial charge on any atom is -0.345 e. The molecule has 26 heavy (non-hydrogen) atoms. The minimum atomic E-state index is -0.0808. The summed E-state index contributed by atoms with van der Waals surface area (Å²) < 4.78 is 2.08. The first-order valence-electron chi connectivity index (χ1n) is 8.52. The Morgan fingerprint density at radius 1 is 1.12 bits per heavy atom. The molecule has 0 fully saturated rings. The van der Waals surface area contributed by atoms with E-state index >= 15 is 0 Å². The Labute approximate surface area is 156 Å². The van der Waals surface area contributed by atoms with Gasteiger partial charge in [0.05, 0.1) is 17.2 Å². The highest BCUT2D eigenvalue weighted by Crippen LogP contribution is 2.21. The minimum absolute atomic E-state index is 0.0808. The fourth-order valence-electron chi connectivity index (χ4n) is 3.09. The number of thiazole rings is 1. The van der Waals surface area contributed by atoms with Crippen molar-refractivity contribution in [2.45, 2.75) is 20.0 Å². The highest BCUT2D eigenvalue weighted by Gasteiger charge is 2.16. The van der Waals surface area contributed by atoms with E-state index in [0.717, 1.165) is 27.2 Å². The molecule has 0 aliphatic heterocycles. The topological polar surface area (TPSA) is 46.9 Å². The molecule has 0 saturated carbocycles. The molecule has 130 valence electrons. The van der Waals surface area contributed by atoms with Crippen LogP contribution in [0.3, 0.4) is 0 Å². The SMILES string of the molecule is Cc1nc(CNC(=O)c2cc3ccccc3n2Cc2ccccc2)cs1. The number of nitrogens with zero attached hydrogens (tertiary/aromatic N) is 2. The van der Waals surface area contributed by atoms with Gasteiger partial charge in [-0.25, -0.2) is 4.98 Å². The molecule has 2 aromatic carbocycles. The molecule has 1 amide bonds. The molecule has 4 aromatic rings. The van der Waals surface area contributed by atoms with Gasteiger partial charge < -0.3 is 9.88 Å². The lowest BCUT2D eigenvalue weighted by atomic mass is 10.2. The average molecular weight is 361 g/mol. The Hall–Kier alpha value is -2.92. The molecule has 0 atom stereocenters. The van der Waals surface area contributed by atoms with E-state index in [1.807, 2.05) is 54.8 Å². The number of carbonyl (C=O) groups is 1. The summed E-state index contributed by atoms with van der Waals surface area (Å²) in [5.74, 6) is -0.0808. The van der Waals surface area contributed by atoms with Crippen molar-refractivity contribution in [3.63, 3.8) is 0 Å². The van der Waals surface area contributed by atoms with E-state index in [-0.39, 0.29) is 5.91 Å². The van der Waals surface area contributed by atoms with E-state index in [1.165, 1.54) is 0 Å². The number of aryl methyl sites for hydroxylation is 1. The van der Waals surface area contributed by atoms with Gasteiger partial charge in [0.15, 0.2) is 0 Å². The lowest BCUT2D eigenvalue weighted by Gasteiger charge is -2.11. The Balaban J connectivity index is 1.64. The molecule has 4 nitrogen and oxygen atoms in total. The molecule has 1 N–H and O–H groups in total. The van der Waals surface area contributed by atoms with Crippen LogP contribution in [0.4, 0.5) is 0 Å². The zero-order valence-electron chi connectivity index (χ0n) is 14.5. The molecule has 5 heteroatoms.